The normalized spacial score (nSPS) is 32.3. The number of nitrogens with zero attached hydrogens (tertiary/aromatic N) is 2. The van der Waals surface area contributed by atoms with Crippen molar-refractivity contribution >= 4 is 0 Å². The molecule has 2 bridgehead atoms. The zero-order valence-electron chi connectivity index (χ0n) is 11.9. The van der Waals surface area contributed by atoms with Crippen LogP contribution < -0.4 is 0 Å². The first-order valence-corrected chi connectivity index (χ1v) is 7.14. The van der Waals surface area contributed by atoms with Crippen LogP contribution in [0.2, 0.25) is 0 Å². The van der Waals surface area contributed by atoms with Gasteiger partial charge in [-0.1, -0.05) is 0 Å². The van der Waals surface area contributed by atoms with Crippen LogP contribution in [0, 0.1) is 0 Å². The summed E-state index contributed by atoms with van der Waals surface area (Å²) in [4.78, 5) is 5.40. The van der Waals surface area contributed by atoms with Gasteiger partial charge in [-0.3, -0.25) is 9.80 Å². The van der Waals surface area contributed by atoms with E-state index < -0.39 is 0 Å². The highest BCUT2D eigenvalue weighted by Crippen LogP contribution is 2.31. The Kier molecular flexibility index (Phi) is 4.45. The van der Waals surface area contributed by atoms with Gasteiger partial charge in [-0.05, 0) is 40.0 Å². The van der Waals surface area contributed by atoms with E-state index in [2.05, 4.69) is 30.6 Å². The lowest BCUT2D eigenvalue weighted by Crippen LogP contribution is -2.55. The number of hydrogen-bond acceptors (Lipinski definition) is 3. The first-order valence-electron chi connectivity index (χ1n) is 7.14. The third-order valence-corrected chi connectivity index (χ3v) is 4.59. The third-order valence-electron chi connectivity index (χ3n) is 4.59. The predicted molar refractivity (Wildman–Crippen MR) is 71.3 cm³/mol. The molecule has 2 aliphatic heterocycles. The Balaban J connectivity index is 1.86. The summed E-state index contributed by atoms with van der Waals surface area (Å²) in [6.45, 7) is 10.6. The molecule has 0 aromatic rings. The molecule has 0 aromatic carbocycles. The smallest absolute Gasteiger partial charge is 0.0555 e. The van der Waals surface area contributed by atoms with Gasteiger partial charge in [0, 0.05) is 44.9 Å². The summed E-state index contributed by atoms with van der Waals surface area (Å²) in [6, 6.07) is 2.32. The van der Waals surface area contributed by atoms with E-state index in [-0.39, 0.29) is 0 Å². The zero-order valence-corrected chi connectivity index (χ0v) is 11.9. The van der Waals surface area contributed by atoms with Crippen molar-refractivity contribution in [1.29, 1.82) is 0 Å². The van der Waals surface area contributed by atoms with Crippen LogP contribution in [-0.2, 0) is 4.74 Å². The van der Waals surface area contributed by atoms with Crippen molar-refractivity contribution in [3.8, 4) is 0 Å². The van der Waals surface area contributed by atoms with Crippen molar-refractivity contribution in [3.05, 3.63) is 0 Å². The summed E-state index contributed by atoms with van der Waals surface area (Å²) in [5.74, 6) is 0. The summed E-state index contributed by atoms with van der Waals surface area (Å²) in [5, 5.41) is 0. The van der Waals surface area contributed by atoms with E-state index in [9.17, 15) is 0 Å². The van der Waals surface area contributed by atoms with Gasteiger partial charge in [0.1, 0.15) is 0 Å². The summed E-state index contributed by atoms with van der Waals surface area (Å²) < 4.78 is 5.35. The molecule has 0 amide bonds. The fraction of sp³-hybridized carbons (Fsp3) is 1.00. The number of ether oxygens (including phenoxy) is 1. The molecule has 0 aromatic heterocycles. The second-order valence-electron chi connectivity index (χ2n) is 6.01. The van der Waals surface area contributed by atoms with Crippen molar-refractivity contribution in [2.45, 2.75) is 64.3 Å². The highest BCUT2D eigenvalue weighted by molar-refractivity contribution is 4.96. The Bertz CT molecular complexity index is 230. The number of rotatable bonds is 5. The lowest BCUT2D eigenvalue weighted by atomic mass is 10.1. The van der Waals surface area contributed by atoms with E-state index >= 15 is 0 Å². The van der Waals surface area contributed by atoms with Crippen LogP contribution in [0.1, 0.15) is 40.0 Å². The Morgan fingerprint density at radius 1 is 1.12 bits per heavy atom. The van der Waals surface area contributed by atoms with Crippen molar-refractivity contribution in [3.63, 3.8) is 0 Å². The largest absolute Gasteiger partial charge is 0.382 e. The number of hydrogen-bond donors (Lipinski definition) is 0. The van der Waals surface area contributed by atoms with Crippen molar-refractivity contribution in [1.82, 2.24) is 9.80 Å². The van der Waals surface area contributed by atoms with E-state index in [1.165, 1.54) is 38.9 Å². The summed E-state index contributed by atoms with van der Waals surface area (Å²) in [5.41, 5.74) is 0. The second-order valence-corrected chi connectivity index (χ2v) is 6.01. The molecule has 2 aliphatic rings. The molecule has 0 saturated carbocycles. The summed E-state index contributed by atoms with van der Waals surface area (Å²) >= 11 is 0. The average molecular weight is 240 g/mol. The van der Waals surface area contributed by atoms with Crippen LogP contribution in [-0.4, -0.2) is 60.8 Å². The Morgan fingerprint density at radius 2 is 1.71 bits per heavy atom. The number of piperazine rings is 1. The van der Waals surface area contributed by atoms with Crippen LogP contribution in [0.3, 0.4) is 0 Å². The highest BCUT2D eigenvalue weighted by atomic mass is 16.5. The van der Waals surface area contributed by atoms with Gasteiger partial charge < -0.3 is 4.74 Å². The Hall–Kier alpha value is -0.120. The van der Waals surface area contributed by atoms with E-state index in [1.54, 1.807) is 0 Å². The minimum atomic E-state index is 0.400. The van der Waals surface area contributed by atoms with Crippen LogP contribution in [0.4, 0.5) is 0 Å². The first kappa shape index (κ1) is 13.3. The molecule has 3 heteroatoms. The number of methoxy groups -OCH3 is 1. The number of likely N-dealkylation sites (tertiary alicyclic amines) is 1. The first-order chi connectivity index (χ1) is 8.11. The monoisotopic (exact) mass is 240 g/mol. The Labute approximate surface area is 106 Å². The standard InChI is InChI=1S/C14H28N2O/c1-11(2)15-9-13-5-6-14(10-15)16(13)8-7-12(3)17-4/h11-14H,5-10H2,1-4H3. The lowest BCUT2D eigenvalue weighted by Gasteiger charge is -2.43. The molecule has 3 unspecified atom stereocenters. The van der Waals surface area contributed by atoms with Gasteiger partial charge in [0.25, 0.3) is 0 Å². The molecule has 2 heterocycles. The average Bonchev–Trinajstić information content (AvgIpc) is 2.55. The van der Waals surface area contributed by atoms with Crippen LogP contribution in [0.15, 0.2) is 0 Å². The molecule has 3 nitrogen and oxygen atoms in total. The molecular weight excluding hydrogens is 212 g/mol. The Morgan fingerprint density at radius 3 is 2.18 bits per heavy atom. The lowest BCUT2D eigenvalue weighted by molar-refractivity contribution is 0.0325. The fourth-order valence-corrected chi connectivity index (χ4v) is 3.26. The van der Waals surface area contributed by atoms with Crippen LogP contribution in [0.25, 0.3) is 0 Å². The molecule has 0 N–H and O–H groups in total. The van der Waals surface area contributed by atoms with E-state index in [4.69, 9.17) is 4.74 Å². The topological polar surface area (TPSA) is 15.7 Å². The third kappa shape index (κ3) is 3.01. The molecule has 0 radical (unpaired) electrons. The molecule has 2 saturated heterocycles. The zero-order chi connectivity index (χ0) is 12.4. The number of fused-ring (bicyclic) bond motifs is 2. The molecule has 3 atom stereocenters. The molecule has 100 valence electrons. The maximum Gasteiger partial charge on any atom is 0.0555 e. The second kappa shape index (κ2) is 5.68. The summed E-state index contributed by atoms with van der Waals surface area (Å²) in [7, 11) is 1.82. The molecule has 0 aliphatic carbocycles. The summed E-state index contributed by atoms with van der Waals surface area (Å²) in [6.07, 6.45) is 4.37. The SMILES string of the molecule is COC(C)CCN1C2CCC1CN(C(C)C)C2. The van der Waals surface area contributed by atoms with Crippen LogP contribution >= 0.6 is 0 Å². The van der Waals surface area contributed by atoms with Gasteiger partial charge in [0.2, 0.25) is 0 Å². The predicted octanol–water partition coefficient (Wildman–Crippen LogP) is 1.97. The van der Waals surface area contributed by atoms with E-state index in [1.807, 2.05) is 7.11 Å². The minimum Gasteiger partial charge on any atom is -0.382 e. The van der Waals surface area contributed by atoms with Crippen molar-refractivity contribution in [2.75, 3.05) is 26.7 Å². The quantitative estimate of drug-likeness (QED) is 0.731. The van der Waals surface area contributed by atoms with Gasteiger partial charge >= 0.3 is 0 Å². The van der Waals surface area contributed by atoms with Crippen LogP contribution in [0.5, 0.6) is 0 Å². The van der Waals surface area contributed by atoms with Gasteiger partial charge in [-0.25, -0.2) is 0 Å². The van der Waals surface area contributed by atoms with E-state index in [0.717, 1.165) is 12.1 Å². The highest BCUT2D eigenvalue weighted by Gasteiger charge is 2.39. The van der Waals surface area contributed by atoms with Gasteiger partial charge in [-0.2, -0.15) is 0 Å². The minimum absolute atomic E-state index is 0.400. The maximum atomic E-state index is 5.35. The van der Waals surface area contributed by atoms with Gasteiger partial charge in [0.05, 0.1) is 6.10 Å². The molecular formula is C14H28N2O. The molecule has 0 spiro atoms. The molecule has 17 heavy (non-hydrogen) atoms. The van der Waals surface area contributed by atoms with E-state index in [0.29, 0.717) is 12.1 Å². The van der Waals surface area contributed by atoms with Gasteiger partial charge in [-0.15, -0.1) is 0 Å². The van der Waals surface area contributed by atoms with Crippen molar-refractivity contribution in [2.24, 2.45) is 0 Å². The van der Waals surface area contributed by atoms with Gasteiger partial charge in [0.15, 0.2) is 0 Å². The molecule has 2 rings (SSSR count). The van der Waals surface area contributed by atoms with Crippen molar-refractivity contribution < 1.29 is 4.74 Å². The fourth-order valence-electron chi connectivity index (χ4n) is 3.26. The molecule has 2 fully saturated rings. The maximum absolute atomic E-state index is 5.35.